The lowest BCUT2D eigenvalue weighted by atomic mass is 9.96. The number of fused-ring (bicyclic) bond motifs is 1. The van der Waals surface area contributed by atoms with Crippen LogP contribution in [0.4, 0.5) is 15.1 Å². The number of amides is 1. The van der Waals surface area contributed by atoms with Gasteiger partial charge < -0.3 is 5.32 Å². The molecule has 1 aliphatic rings. The minimum atomic E-state index is -0.273. The number of aliphatic imine (C=N–C) groups is 1. The van der Waals surface area contributed by atoms with Crippen LogP contribution in [0.3, 0.4) is 0 Å². The van der Waals surface area contributed by atoms with Crippen molar-refractivity contribution in [2.24, 2.45) is 4.99 Å². The van der Waals surface area contributed by atoms with Crippen molar-refractivity contribution in [3.05, 3.63) is 81.0 Å². The van der Waals surface area contributed by atoms with Gasteiger partial charge >= 0.3 is 0 Å². The molecule has 0 unspecified atom stereocenters. The summed E-state index contributed by atoms with van der Waals surface area (Å²) in [6.07, 6.45) is 8.29. The van der Waals surface area contributed by atoms with Gasteiger partial charge in [-0.05, 0) is 86.1 Å². The fourth-order valence-corrected chi connectivity index (χ4v) is 5.16. The Balaban J connectivity index is 1.69. The summed E-state index contributed by atoms with van der Waals surface area (Å²) in [6.45, 7) is 4.11. The molecule has 0 spiro atoms. The fourth-order valence-electron chi connectivity index (χ4n) is 3.92. The molecule has 5 heteroatoms. The molecule has 1 aromatic heterocycles. The van der Waals surface area contributed by atoms with E-state index in [4.69, 9.17) is 0 Å². The van der Waals surface area contributed by atoms with Crippen LogP contribution in [0.15, 0.2) is 47.5 Å². The highest BCUT2D eigenvalue weighted by Gasteiger charge is 2.24. The molecule has 0 saturated heterocycles. The van der Waals surface area contributed by atoms with E-state index in [1.54, 1.807) is 29.7 Å². The predicted molar refractivity (Wildman–Crippen MR) is 128 cm³/mol. The minimum absolute atomic E-state index is 0.104. The standard InChI is InChI=1S/C26H27FN2OS/c1-17-9-14-21(15-18(17)2)29-25(30)24-22-7-5-3-4-6-8-23(22)31-26(24)28-16-19-10-12-20(27)13-11-19/h9-16H,3-8H2,1-2H3,(H,29,30). The van der Waals surface area contributed by atoms with Gasteiger partial charge in [0.1, 0.15) is 10.8 Å². The maximum Gasteiger partial charge on any atom is 0.259 e. The molecule has 0 aliphatic heterocycles. The number of carbonyl (C=O) groups is 1. The summed E-state index contributed by atoms with van der Waals surface area (Å²) >= 11 is 1.62. The Labute approximate surface area is 187 Å². The van der Waals surface area contributed by atoms with E-state index in [0.29, 0.717) is 5.56 Å². The highest BCUT2D eigenvalue weighted by Crippen LogP contribution is 2.39. The van der Waals surface area contributed by atoms with E-state index in [0.717, 1.165) is 53.1 Å². The van der Waals surface area contributed by atoms with Gasteiger partial charge in [0.2, 0.25) is 0 Å². The van der Waals surface area contributed by atoms with Gasteiger partial charge in [-0.3, -0.25) is 4.79 Å². The van der Waals surface area contributed by atoms with Crippen LogP contribution in [-0.4, -0.2) is 12.1 Å². The first kappa shape index (κ1) is 21.4. The zero-order valence-corrected chi connectivity index (χ0v) is 18.8. The van der Waals surface area contributed by atoms with Crippen molar-refractivity contribution in [2.45, 2.75) is 52.4 Å². The summed E-state index contributed by atoms with van der Waals surface area (Å²) in [5.41, 5.74) is 5.79. The Morgan fingerprint density at radius 1 is 1.00 bits per heavy atom. The molecule has 3 aromatic rings. The van der Waals surface area contributed by atoms with Gasteiger partial charge in [-0.15, -0.1) is 11.3 Å². The predicted octanol–water partition coefficient (Wildman–Crippen LogP) is 7.17. The van der Waals surface area contributed by atoms with E-state index < -0.39 is 0 Å². The Hall–Kier alpha value is -2.79. The van der Waals surface area contributed by atoms with E-state index in [9.17, 15) is 9.18 Å². The van der Waals surface area contributed by atoms with Crippen molar-refractivity contribution in [1.82, 2.24) is 0 Å². The summed E-state index contributed by atoms with van der Waals surface area (Å²) in [4.78, 5) is 19.3. The van der Waals surface area contributed by atoms with E-state index in [2.05, 4.69) is 17.2 Å². The number of thiophene rings is 1. The second-order valence-corrected chi connectivity index (χ2v) is 9.24. The lowest BCUT2D eigenvalue weighted by Crippen LogP contribution is -2.14. The maximum absolute atomic E-state index is 13.4. The molecule has 160 valence electrons. The third-order valence-electron chi connectivity index (χ3n) is 5.85. The molecule has 4 rings (SSSR count). The van der Waals surface area contributed by atoms with Crippen LogP contribution in [0.2, 0.25) is 0 Å². The molecule has 1 heterocycles. The summed E-state index contributed by atoms with van der Waals surface area (Å²) in [5.74, 6) is -0.378. The van der Waals surface area contributed by atoms with Crippen molar-refractivity contribution >= 4 is 34.1 Å². The van der Waals surface area contributed by atoms with Crippen molar-refractivity contribution in [1.29, 1.82) is 0 Å². The van der Waals surface area contributed by atoms with Crippen molar-refractivity contribution < 1.29 is 9.18 Å². The van der Waals surface area contributed by atoms with Gasteiger partial charge in [0, 0.05) is 16.8 Å². The lowest BCUT2D eigenvalue weighted by Gasteiger charge is -2.12. The number of rotatable bonds is 4. The molecule has 0 saturated carbocycles. The first-order valence-electron chi connectivity index (χ1n) is 10.8. The maximum atomic E-state index is 13.4. The third-order valence-corrected chi connectivity index (χ3v) is 7.05. The van der Waals surface area contributed by atoms with Crippen molar-refractivity contribution in [3.8, 4) is 0 Å². The quantitative estimate of drug-likeness (QED) is 0.435. The third kappa shape index (κ3) is 5.10. The molecule has 31 heavy (non-hydrogen) atoms. The lowest BCUT2D eigenvalue weighted by molar-refractivity contribution is 0.102. The number of halogens is 1. The number of benzene rings is 2. The second-order valence-electron chi connectivity index (χ2n) is 8.16. The summed E-state index contributed by atoms with van der Waals surface area (Å²) in [5, 5.41) is 3.82. The Kier molecular flexibility index (Phi) is 6.62. The van der Waals surface area contributed by atoms with Crippen LogP contribution in [0.5, 0.6) is 0 Å². The van der Waals surface area contributed by atoms with Crippen LogP contribution in [0.1, 0.15) is 63.2 Å². The topological polar surface area (TPSA) is 41.5 Å². The highest BCUT2D eigenvalue weighted by atomic mass is 32.1. The number of aryl methyl sites for hydroxylation is 3. The van der Waals surface area contributed by atoms with Gasteiger partial charge in [-0.25, -0.2) is 9.38 Å². The average Bonchev–Trinajstić information content (AvgIpc) is 3.07. The first-order chi connectivity index (χ1) is 15.0. The van der Waals surface area contributed by atoms with Crippen LogP contribution in [0, 0.1) is 19.7 Å². The molecule has 3 nitrogen and oxygen atoms in total. The monoisotopic (exact) mass is 434 g/mol. The Morgan fingerprint density at radius 2 is 1.74 bits per heavy atom. The minimum Gasteiger partial charge on any atom is -0.322 e. The van der Waals surface area contributed by atoms with E-state index in [1.165, 1.54) is 35.4 Å². The normalized spacial score (nSPS) is 14.2. The summed E-state index contributed by atoms with van der Waals surface area (Å²) in [6, 6.07) is 12.2. The number of anilines is 1. The molecule has 1 N–H and O–H groups in total. The average molecular weight is 435 g/mol. The largest absolute Gasteiger partial charge is 0.322 e. The van der Waals surface area contributed by atoms with Crippen molar-refractivity contribution in [3.63, 3.8) is 0 Å². The number of hydrogen-bond acceptors (Lipinski definition) is 3. The van der Waals surface area contributed by atoms with Crippen LogP contribution >= 0.6 is 11.3 Å². The molecule has 0 atom stereocenters. The number of hydrogen-bond donors (Lipinski definition) is 1. The van der Waals surface area contributed by atoms with Gasteiger partial charge in [-0.2, -0.15) is 0 Å². The molecule has 0 bridgehead atoms. The SMILES string of the molecule is Cc1ccc(NC(=O)c2c(N=Cc3ccc(F)cc3)sc3c2CCCCCC3)cc1C. The van der Waals surface area contributed by atoms with Gasteiger partial charge in [0.05, 0.1) is 5.56 Å². The van der Waals surface area contributed by atoms with Crippen molar-refractivity contribution in [2.75, 3.05) is 5.32 Å². The number of nitrogens with zero attached hydrogens (tertiary/aromatic N) is 1. The van der Waals surface area contributed by atoms with Gasteiger partial charge in [0.15, 0.2) is 0 Å². The summed E-state index contributed by atoms with van der Waals surface area (Å²) < 4.78 is 13.2. The van der Waals surface area contributed by atoms with Gasteiger partial charge in [0.25, 0.3) is 5.91 Å². The van der Waals surface area contributed by atoms with Crippen LogP contribution in [0.25, 0.3) is 0 Å². The fraction of sp³-hybridized carbons (Fsp3) is 0.308. The van der Waals surface area contributed by atoms with E-state index >= 15 is 0 Å². The Bertz CT molecular complexity index is 1120. The number of nitrogens with one attached hydrogen (secondary N) is 1. The molecule has 1 aliphatic carbocycles. The Morgan fingerprint density at radius 3 is 2.48 bits per heavy atom. The molecule has 0 radical (unpaired) electrons. The first-order valence-corrected chi connectivity index (χ1v) is 11.7. The van der Waals surface area contributed by atoms with Crippen LogP contribution in [-0.2, 0) is 12.8 Å². The van der Waals surface area contributed by atoms with Crippen LogP contribution < -0.4 is 5.32 Å². The molecule has 1 amide bonds. The zero-order valence-electron chi connectivity index (χ0n) is 18.0. The molecule has 0 fully saturated rings. The van der Waals surface area contributed by atoms with Gasteiger partial charge in [-0.1, -0.05) is 31.0 Å². The highest BCUT2D eigenvalue weighted by molar-refractivity contribution is 7.16. The summed E-state index contributed by atoms with van der Waals surface area (Å²) in [7, 11) is 0. The number of carbonyl (C=O) groups excluding carboxylic acids is 1. The van der Waals surface area contributed by atoms with E-state index in [1.807, 2.05) is 25.1 Å². The smallest absolute Gasteiger partial charge is 0.259 e. The second kappa shape index (κ2) is 9.56. The molecule has 2 aromatic carbocycles. The molecular weight excluding hydrogens is 407 g/mol. The van der Waals surface area contributed by atoms with E-state index in [-0.39, 0.29) is 11.7 Å². The molecular formula is C26H27FN2OS. The zero-order chi connectivity index (χ0) is 21.8.